The predicted octanol–water partition coefficient (Wildman–Crippen LogP) is 10.2. The van der Waals surface area contributed by atoms with Crippen molar-refractivity contribution in [3.05, 3.63) is 160 Å². The van der Waals surface area contributed by atoms with Crippen LogP contribution in [0, 0.1) is 0 Å². The van der Waals surface area contributed by atoms with Crippen LogP contribution in [0.5, 0.6) is 0 Å². The smallest absolute Gasteiger partial charge is 0.0210 e. The Balaban J connectivity index is 1.43. The van der Waals surface area contributed by atoms with Crippen LogP contribution in [0.4, 0.5) is 0 Å². The molecule has 4 aromatic carbocycles. The molecule has 194 valence electrons. The van der Waals surface area contributed by atoms with E-state index in [9.17, 15) is 0 Å². The zero-order chi connectivity index (χ0) is 27.2. The molecule has 0 aliphatic heterocycles. The summed E-state index contributed by atoms with van der Waals surface area (Å²) < 4.78 is 0. The molecular weight excluding hydrogens is 468 g/mol. The van der Waals surface area contributed by atoms with E-state index in [1.807, 2.05) is 0 Å². The summed E-state index contributed by atoms with van der Waals surface area (Å²) >= 11 is 0. The molecule has 0 bridgehead atoms. The summed E-state index contributed by atoms with van der Waals surface area (Å²) in [5.74, 6) is 0.363. The average Bonchev–Trinajstić information content (AvgIpc) is 3.59. The van der Waals surface area contributed by atoms with Crippen LogP contribution in [-0.2, 0) is 17.3 Å². The summed E-state index contributed by atoms with van der Waals surface area (Å²) in [4.78, 5) is 0. The zero-order valence-electron chi connectivity index (χ0n) is 23.8. The van der Waals surface area contributed by atoms with Crippen LogP contribution in [0.3, 0.4) is 0 Å². The van der Waals surface area contributed by atoms with Gasteiger partial charge in [-0.2, -0.15) is 0 Å². The van der Waals surface area contributed by atoms with Gasteiger partial charge in [-0.3, -0.25) is 0 Å². The lowest BCUT2D eigenvalue weighted by Crippen LogP contribution is -2.17. The van der Waals surface area contributed by atoms with Gasteiger partial charge in [0.1, 0.15) is 0 Å². The highest BCUT2D eigenvalue weighted by molar-refractivity contribution is 5.82. The third kappa shape index (κ3) is 4.74. The van der Waals surface area contributed by atoms with E-state index in [-0.39, 0.29) is 10.8 Å². The van der Waals surface area contributed by atoms with Crippen LogP contribution >= 0.6 is 0 Å². The topological polar surface area (TPSA) is 0 Å². The van der Waals surface area contributed by atoms with Gasteiger partial charge in [-0.25, -0.2) is 0 Å². The fourth-order valence-corrected chi connectivity index (χ4v) is 6.37. The molecule has 4 aromatic rings. The summed E-state index contributed by atoms with van der Waals surface area (Å²) in [5.41, 5.74) is 13.9. The normalized spacial score (nSPS) is 14.4. The SMILES string of the molecule is CC(C)(C)c1ccc2c(c1C1C=CC=C1)Cc1cc(C(C)(C)C=C(c3ccccc3)c3ccccc3)ccc1-2. The summed E-state index contributed by atoms with van der Waals surface area (Å²) in [5, 5.41) is 0. The molecule has 0 atom stereocenters. The molecule has 0 N–H and O–H groups in total. The number of rotatable bonds is 5. The third-order valence-corrected chi connectivity index (χ3v) is 8.43. The van der Waals surface area contributed by atoms with Gasteiger partial charge in [-0.1, -0.05) is 156 Å². The van der Waals surface area contributed by atoms with Crippen molar-refractivity contribution >= 4 is 5.57 Å². The Morgan fingerprint density at radius 1 is 0.692 bits per heavy atom. The van der Waals surface area contributed by atoms with Crippen molar-refractivity contribution in [2.24, 2.45) is 0 Å². The summed E-state index contributed by atoms with van der Waals surface area (Å²) in [7, 11) is 0. The Hall–Kier alpha value is -3.90. The van der Waals surface area contributed by atoms with Crippen LogP contribution in [0.1, 0.15) is 79.5 Å². The van der Waals surface area contributed by atoms with Gasteiger partial charge in [-0.05, 0) is 67.5 Å². The monoisotopic (exact) mass is 506 g/mol. The van der Waals surface area contributed by atoms with Crippen LogP contribution in [0.25, 0.3) is 16.7 Å². The Morgan fingerprint density at radius 3 is 1.87 bits per heavy atom. The highest BCUT2D eigenvalue weighted by Gasteiger charge is 2.31. The van der Waals surface area contributed by atoms with E-state index in [0.717, 1.165) is 6.42 Å². The minimum atomic E-state index is -0.138. The molecular formula is C39H38. The maximum Gasteiger partial charge on any atom is 0.0210 e. The molecule has 0 amide bonds. The zero-order valence-corrected chi connectivity index (χ0v) is 23.8. The second kappa shape index (κ2) is 9.69. The lowest BCUT2D eigenvalue weighted by Gasteiger charge is -2.27. The number of allylic oxidation sites excluding steroid dienone is 5. The highest BCUT2D eigenvalue weighted by atomic mass is 14.3. The van der Waals surface area contributed by atoms with E-state index in [4.69, 9.17) is 0 Å². The van der Waals surface area contributed by atoms with Crippen molar-refractivity contribution in [1.29, 1.82) is 0 Å². The van der Waals surface area contributed by atoms with Gasteiger partial charge in [0.25, 0.3) is 0 Å². The van der Waals surface area contributed by atoms with Gasteiger partial charge < -0.3 is 0 Å². The van der Waals surface area contributed by atoms with E-state index in [1.54, 1.807) is 0 Å². The van der Waals surface area contributed by atoms with E-state index < -0.39 is 0 Å². The largest absolute Gasteiger partial charge is 0.0732 e. The lowest BCUT2D eigenvalue weighted by molar-refractivity contribution is 0.581. The minimum absolute atomic E-state index is 0.104. The summed E-state index contributed by atoms with van der Waals surface area (Å²) in [6.45, 7) is 11.7. The molecule has 0 radical (unpaired) electrons. The first-order chi connectivity index (χ1) is 18.7. The van der Waals surface area contributed by atoms with Crippen molar-refractivity contribution in [2.45, 2.75) is 57.8 Å². The van der Waals surface area contributed by atoms with Crippen LogP contribution < -0.4 is 0 Å². The van der Waals surface area contributed by atoms with Crippen LogP contribution in [-0.4, -0.2) is 0 Å². The van der Waals surface area contributed by atoms with Crippen LogP contribution in [0.2, 0.25) is 0 Å². The van der Waals surface area contributed by atoms with E-state index in [0.29, 0.717) is 5.92 Å². The van der Waals surface area contributed by atoms with Gasteiger partial charge in [0.15, 0.2) is 0 Å². The highest BCUT2D eigenvalue weighted by Crippen LogP contribution is 2.46. The maximum atomic E-state index is 2.47. The molecule has 0 saturated heterocycles. The van der Waals surface area contributed by atoms with Crippen molar-refractivity contribution in [1.82, 2.24) is 0 Å². The third-order valence-electron chi connectivity index (χ3n) is 8.43. The molecule has 0 aromatic heterocycles. The van der Waals surface area contributed by atoms with Gasteiger partial charge in [-0.15, -0.1) is 0 Å². The Labute approximate surface area is 234 Å². The molecule has 0 unspecified atom stereocenters. The molecule has 0 fully saturated rings. The fourth-order valence-electron chi connectivity index (χ4n) is 6.37. The van der Waals surface area contributed by atoms with E-state index in [1.165, 1.54) is 55.6 Å². The maximum absolute atomic E-state index is 2.47. The first kappa shape index (κ1) is 25.4. The molecule has 0 nitrogen and oxygen atoms in total. The van der Waals surface area contributed by atoms with E-state index in [2.05, 4.69) is 156 Å². The molecule has 0 heterocycles. The van der Waals surface area contributed by atoms with Crippen LogP contribution in [0.15, 0.2) is 121 Å². The number of hydrogen-bond acceptors (Lipinski definition) is 0. The van der Waals surface area contributed by atoms with Crippen molar-refractivity contribution in [3.63, 3.8) is 0 Å². The molecule has 2 aliphatic rings. The molecule has 39 heavy (non-hydrogen) atoms. The molecule has 6 rings (SSSR count). The second-order valence-electron chi connectivity index (χ2n) is 12.7. The van der Waals surface area contributed by atoms with Gasteiger partial charge in [0.2, 0.25) is 0 Å². The average molecular weight is 507 g/mol. The van der Waals surface area contributed by atoms with Gasteiger partial charge in [0.05, 0.1) is 0 Å². The minimum Gasteiger partial charge on any atom is -0.0732 e. The van der Waals surface area contributed by atoms with Crippen molar-refractivity contribution in [3.8, 4) is 11.1 Å². The standard InChI is InChI=1S/C39H38/c1-38(2,3)36-23-22-33-32-21-20-31(24-30(32)25-34(33)37(36)29-18-12-13-19-29)39(4,5)26-35(27-14-8-6-9-15-27)28-16-10-7-11-17-28/h6-24,26,29H,25H2,1-5H3. The first-order valence-electron chi connectivity index (χ1n) is 14.2. The van der Waals surface area contributed by atoms with E-state index >= 15 is 0 Å². The summed E-state index contributed by atoms with van der Waals surface area (Å²) in [6.07, 6.45) is 12.5. The lowest BCUT2D eigenvalue weighted by atomic mass is 9.77. The number of hydrogen-bond donors (Lipinski definition) is 0. The second-order valence-corrected chi connectivity index (χ2v) is 12.7. The van der Waals surface area contributed by atoms with Gasteiger partial charge >= 0.3 is 0 Å². The number of fused-ring (bicyclic) bond motifs is 3. The van der Waals surface area contributed by atoms with Crippen molar-refractivity contribution in [2.75, 3.05) is 0 Å². The Bertz CT molecular complexity index is 1550. The molecule has 0 saturated carbocycles. The predicted molar refractivity (Wildman–Crippen MR) is 167 cm³/mol. The Morgan fingerprint density at radius 2 is 1.28 bits per heavy atom. The molecule has 2 aliphatic carbocycles. The summed E-state index contributed by atoms with van der Waals surface area (Å²) in [6, 6.07) is 33.5. The molecule has 0 spiro atoms. The Kier molecular flexibility index (Phi) is 6.31. The quantitative estimate of drug-likeness (QED) is 0.222. The number of benzene rings is 4. The van der Waals surface area contributed by atoms with Crippen molar-refractivity contribution < 1.29 is 0 Å². The fraction of sp³-hybridized carbons (Fsp3) is 0.231. The molecule has 0 heteroatoms. The van der Waals surface area contributed by atoms with Gasteiger partial charge in [0, 0.05) is 11.3 Å². The first-order valence-corrected chi connectivity index (χ1v) is 14.2.